The van der Waals surface area contributed by atoms with Crippen LogP contribution in [0.2, 0.25) is 0 Å². The fourth-order valence-corrected chi connectivity index (χ4v) is 0.463. The van der Waals surface area contributed by atoms with E-state index in [4.69, 9.17) is 5.11 Å². The van der Waals surface area contributed by atoms with E-state index in [1.807, 2.05) is 6.92 Å². The zero-order valence-electron chi connectivity index (χ0n) is 6.37. The molecule has 0 saturated heterocycles. The van der Waals surface area contributed by atoms with Crippen LogP contribution in [0.1, 0.15) is 20.3 Å². The van der Waals surface area contributed by atoms with Crippen LogP contribution in [0, 0.1) is 5.92 Å². The molecule has 3 heteroatoms. The lowest BCUT2D eigenvalue weighted by molar-refractivity contribution is -0.140. The predicted octanol–water partition coefficient (Wildman–Crippen LogP) is 1.19. The SMILES string of the molecule is CC/N=C\CC(C)C(=O)O. The van der Waals surface area contributed by atoms with E-state index in [0.717, 1.165) is 6.54 Å². The molecule has 0 aliphatic rings. The van der Waals surface area contributed by atoms with Crippen LogP contribution in [0.25, 0.3) is 0 Å². The van der Waals surface area contributed by atoms with Crippen LogP contribution in [-0.4, -0.2) is 23.8 Å². The van der Waals surface area contributed by atoms with Crippen LogP contribution in [0.4, 0.5) is 0 Å². The number of aliphatic carboxylic acids is 1. The summed E-state index contributed by atoms with van der Waals surface area (Å²) in [5.74, 6) is -1.07. The number of nitrogens with zero attached hydrogens (tertiary/aromatic N) is 1. The fraction of sp³-hybridized carbons (Fsp3) is 0.714. The molecule has 58 valence electrons. The first-order valence-electron chi connectivity index (χ1n) is 3.39. The van der Waals surface area contributed by atoms with Crippen molar-refractivity contribution < 1.29 is 9.90 Å². The van der Waals surface area contributed by atoms with E-state index in [-0.39, 0.29) is 5.92 Å². The summed E-state index contributed by atoms with van der Waals surface area (Å²) in [4.78, 5) is 14.1. The van der Waals surface area contributed by atoms with Gasteiger partial charge in [-0.15, -0.1) is 0 Å². The molecule has 0 heterocycles. The topological polar surface area (TPSA) is 49.7 Å². The predicted molar refractivity (Wildman–Crippen MR) is 40.4 cm³/mol. The molecule has 0 rings (SSSR count). The molecule has 0 fully saturated rings. The molecule has 10 heavy (non-hydrogen) atoms. The molecule has 0 saturated carbocycles. The third-order valence-electron chi connectivity index (χ3n) is 1.19. The average molecular weight is 143 g/mol. The monoisotopic (exact) mass is 143 g/mol. The van der Waals surface area contributed by atoms with Crippen molar-refractivity contribution in [2.45, 2.75) is 20.3 Å². The largest absolute Gasteiger partial charge is 0.481 e. The molecule has 1 N–H and O–H groups in total. The second-order valence-corrected chi connectivity index (χ2v) is 2.16. The van der Waals surface area contributed by atoms with Gasteiger partial charge in [0.05, 0.1) is 5.92 Å². The van der Waals surface area contributed by atoms with Crippen molar-refractivity contribution in [3.05, 3.63) is 0 Å². The Kier molecular flexibility index (Phi) is 4.54. The number of hydrogen-bond donors (Lipinski definition) is 1. The molecule has 0 aliphatic heterocycles. The second-order valence-electron chi connectivity index (χ2n) is 2.16. The van der Waals surface area contributed by atoms with Crippen LogP contribution in [0.15, 0.2) is 4.99 Å². The van der Waals surface area contributed by atoms with Gasteiger partial charge in [-0.2, -0.15) is 0 Å². The number of aliphatic imine (C=N–C) groups is 1. The van der Waals surface area contributed by atoms with Crippen molar-refractivity contribution in [2.75, 3.05) is 6.54 Å². The number of rotatable bonds is 4. The van der Waals surface area contributed by atoms with Gasteiger partial charge in [-0.25, -0.2) is 0 Å². The lowest BCUT2D eigenvalue weighted by Gasteiger charge is -1.98. The van der Waals surface area contributed by atoms with Gasteiger partial charge >= 0.3 is 5.97 Å². The highest BCUT2D eigenvalue weighted by atomic mass is 16.4. The number of hydrogen-bond acceptors (Lipinski definition) is 2. The van der Waals surface area contributed by atoms with Crippen LogP contribution in [-0.2, 0) is 4.79 Å². The molecule has 0 bridgehead atoms. The maximum absolute atomic E-state index is 10.2. The van der Waals surface area contributed by atoms with Gasteiger partial charge in [0.2, 0.25) is 0 Å². The molecule has 0 spiro atoms. The van der Waals surface area contributed by atoms with Crippen molar-refractivity contribution >= 4 is 12.2 Å². The van der Waals surface area contributed by atoms with Crippen LogP contribution >= 0.6 is 0 Å². The molecule has 0 aromatic heterocycles. The van der Waals surface area contributed by atoms with E-state index in [0.29, 0.717) is 6.42 Å². The van der Waals surface area contributed by atoms with E-state index < -0.39 is 5.97 Å². The summed E-state index contributed by atoms with van der Waals surface area (Å²) in [6.07, 6.45) is 2.20. The van der Waals surface area contributed by atoms with Crippen molar-refractivity contribution in [3.63, 3.8) is 0 Å². The third-order valence-corrected chi connectivity index (χ3v) is 1.19. The van der Waals surface area contributed by atoms with Gasteiger partial charge in [-0.3, -0.25) is 9.79 Å². The minimum atomic E-state index is -0.762. The summed E-state index contributed by atoms with van der Waals surface area (Å²) in [5, 5.41) is 8.42. The quantitative estimate of drug-likeness (QED) is 0.601. The van der Waals surface area contributed by atoms with E-state index in [1.54, 1.807) is 13.1 Å². The van der Waals surface area contributed by atoms with Gasteiger partial charge in [0, 0.05) is 6.54 Å². The molecule has 1 atom stereocenters. The van der Waals surface area contributed by atoms with Gasteiger partial charge in [0.25, 0.3) is 0 Å². The summed E-state index contributed by atoms with van der Waals surface area (Å²) in [6, 6.07) is 0. The summed E-state index contributed by atoms with van der Waals surface area (Å²) >= 11 is 0. The highest BCUT2D eigenvalue weighted by Crippen LogP contribution is 1.97. The van der Waals surface area contributed by atoms with Crippen LogP contribution in [0.5, 0.6) is 0 Å². The Bertz CT molecular complexity index is 132. The minimum absolute atomic E-state index is 0.310. The summed E-state index contributed by atoms with van der Waals surface area (Å²) in [5.41, 5.74) is 0. The Hall–Kier alpha value is -0.860. The molecule has 1 unspecified atom stereocenters. The Labute approximate surface area is 60.8 Å². The number of carbonyl (C=O) groups is 1. The van der Waals surface area contributed by atoms with Crippen molar-refractivity contribution in [2.24, 2.45) is 10.9 Å². The molecule has 0 aliphatic carbocycles. The van der Waals surface area contributed by atoms with Crippen LogP contribution in [0.3, 0.4) is 0 Å². The summed E-state index contributed by atoms with van der Waals surface area (Å²) in [7, 11) is 0. The van der Waals surface area contributed by atoms with Crippen molar-refractivity contribution in [3.8, 4) is 0 Å². The van der Waals surface area contributed by atoms with E-state index in [9.17, 15) is 4.79 Å². The van der Waals surface area contributed by atoms with Crippen molar-refractivity contribution in [1.82, 2.24) is 0 Å². The average Bonchev–Trinajstić information content (AvgIpc) is 1.88. The Balaban J connectivity index is 3.48. The lowest BCUT2D eigenvalue weighted by atomic mass is 10.1. The smallest absolute Gasteiger partial charge is 0.306 e. The molecular formula is C7H13NO2. The second kappa shape index (κ2) is 4.97. The fourth-order valence-electron chi connectivity index (χ4n) is 0.463. The van der Waals surface area contributed by atoms with Gasteiger partial charge in [-0.1, -0.05) is 6.92 Å². The highest BCUT2D eigenvalue weighted by Gasteiger charge is 2.07. The zero-order valence-corrected chi connectivity index (χ0v) is 6.37. The Morgan fingerprint density at radius 1 is 1.80 bits per heavy atom. The highest BCUT2D eigenvalue weighted by molar-refractivity contribution is 5.74. The Morgan fingerprint density at radius 3 is 2.80 bits per heavy atom. The standard InChI is InChI=1S/C7H13NO2/c1-3-8-5-4-6(2)7(9)10/h5-6H,3-4H2,1-2H3,(H,9,10)/b8-5-. The molecular weight excluding hydrogens is 130 g/mol. The number of carboxylic acid groups (broad SMARTS) is 1. The maximum atomic E-state index is 10.2. The van der Waals surface area contributed by atoms with Crippen LogP contribution < -0.4 is 0 Å². The van der Waals surface area contributed by atoms with E-state index >= 15 is 0 Å². The molecule has 0 radical (unpaired) electrons. The first kappa shape index (κ1) is 9.14. The van der Waals surface area contributed by atoms with Crippen molar-refractivity contribution in [1.29, 1.82) is 0 Å². The molecule has 3 nitrogen and oxygen atoms in total. The molecule has 0 aromatic carbocycles. The normalized spacial score (nSPS) is 13.8. The number of carboxylic acids is 1. The first-order valence-corrected chi connectivity index (χ1v) is 3.39. The van der Waals surface area contributed by atoms with Gasteiger partial charge in [0.1, 0.15) is 0 Å². The summed E-state index contributed by atoms with van der Waals surface area (Å²) < 4.78 is 0. The van der Waals surface area contributed by atoms with E-state index in [2.05, 4.69) is 4.99 Å². The zero-order chi connectivity index (χ0) is 7.98. The maximum Gasteiger partial charge on any atom is 0.306 e. The van der Waals surface area contributed by atoms with Gasteiger partial charge in [-0.05, 0) is 19.6 Å². The first-order chi connectivity index (χ1) is 4.68. The molecule has 0 aromatic rings. The lowest BCUT2D eigenvalue weighted by Crippen LogP contribution is -2.09. The third kappa shape index (κ3) is 4.06. The van der Waals surface area contributed by atoms with Gasteiger partial charge < -0.3 is 5.11 Å². The minimum Gasteiger partial charge on any atom is -0.481 e. The molecule has 0 amide bonds. The van der Waals surface area contributed by atoms with Gasteiger partial charge in [0.15, 0.2) is 0 Å². The Morgan fingerprint density at radius 2 is 2.40 bits per heavy atom. The summed E-state index contributed by atoms with van der Waals surface area (Å²) in [6.45, 7) is 4.32. The van der Waals surface area contributed by atoms with E-state index in [1.165, 1.54) is 0 Å².